The molecule has 3 heterocycles. The van der Waals surface area contributed by atoms with Crippen LogP contribution in [-0.4, -0.2) is 39.9 Å². The summed E-state index contributed by atoms with van der Waals surface area (Å²) in [6.07, 6.45) is -1.71. The van der Waals surface area contributed by atoms with Crippen molar-refractivity contribution in [1.29, 1.82) is 0 Å². The minimum Gasteiger partial charge on any atom is -0.363 e. The van der Waals surface area contributed by atoms with Crippen molar-refractivity contribution >= 4 is 11.7 Å². The monoisotopic (exact) mass is 378 g/mol. The maximum absolute atomic E-state index is 13.7. The third-order valence-corrected chi connectivity index (χ3v) is 5.25. The van der Waals surface area contributed by atoms with Crippen LogP contribution < -0.4 is 5.32 Å². The van der Waals surface area contributed by atoms with Gasteiger partial charge in [0.05, 0.1) is 6.04 Å². The Hall–Kier alpha value is -2.51. The van der Waals surface area contributed by atoms with E-state index in [2.05, 4.69) is 10.4 Å². The molecular formula is C19H21F3N4O. The van der Waals surface area contributed by atoms with Crippen LogP contribution >= 0.6 is 0 Å². The van der Waals surface area contributed by atoms with E-state index in [0.717, 1.165) is 29.5 Å². The molecule has 1 saturated heterocycles. The summed E-state index contributed by atoms with van der Waals surface area (Å²) < 4.78 is 42.0. The van der Waals surface area contributed by atoms with Gasteiger partial charge in [-0.05, 0) is 24.8 Å². The Morgan fingerprint density at radius 3 is 2.48 bits per heavy atom. The maximum atomic E-state index is 13.7. The van der Waals surface area contributed by atoms with Crippen LogP contribution in [0.4, 0.5) is 19.0 Å². The van der Waals surface area contributed by atoms with Crippen LogP contribution in [0.1, 0.15) is 53.8 Å². The van der Waals surface area contributed by atoms with Gasteiger partial charge < -0.3 is 10.2 Å². The van der Waals surface area contributed by atoms with E-state index >= 15 is 0 Å². The van der Waals surface area contributed by atoms with Crippen molar-refractivity contribution in [3.05, 3.63) is 47.7 Å². The highest BCUT2D eigenvalue weighted by Crippen LogP contribution is 2.43. The third kappa shape index (κ3) is 3.52. The zero-order chi connectivity index (χ0) is 19.0. The van der Waals surface area contributed by atoms with Gasteiger partial charge in [-0.1, -0.05) is 30.3 Å². The number of halogens is 3. The minimum absolute atomic E-state index is 0.0716. The van der Waals surface area contributed by atoms with Crippen LogP contribution in [0.3, 0.4) is 0 Å². The molecule has 4 rings (SSSR count). The summed E-state index contributed by atoms with van der Waals surface area (Å²) in [5.41, 5.74) is 0.852. The quantitative estimate of drug-likeness (QED) is 0.853. The van der Waals surface area contributed by atoms with Crippen molar-refractivity contribution in [2.45, 2.75) is 43.9 Å². The fourth-order valence-corrected chi connectivity index (χ4v) is 3.84. The standard InChI is InChI=1S/C19H21F3N4O/c20-19(21,22)16-11-14(13-7-3-1-4-8-13)23-17-12-15(24-26(16)17)18(27)25-9-5-2-6-10-25/h1,3-4,7-8,12,14,16,23H,2,5-6,9-11H2/t14-,16-/m1/s1. The number of hydrogen-bond acceptors (Lipinski definition) is 3. The molecular weight excluding hydrogens is 357 g/mol. The van der Waals surface area contributed by atoms with Gasteiger partial charge >= 0.3 is 6.18 Å². The highest BCUT2D eigenvalue weighted by Gasteiger charge is 2.47. The summed E-state index contributed by atoms with van der Waals surface area (Å²) in [6, 6.07) is 8.24. The fourth-order valence-electron chi connectivity index (χ4n) is 3.84. The van der Waals surface area contributed by atoms with Gasteiger partial charge in [0.2, 0.25) is 0 Å². The molecule has 2 atom stereocenters. The van der Waals surface area contributed by atoms with Crippen LogP contribution in [0.15, 0.2) is 36.4 Å². The minimum atomic E-state index is -4.44. The first-order valence-electron chi connectivity index (χ1n) is 9.20. The van der Waals surface area contributed by atoms with Gasteiger partial charge in [-0.2, -0.15) is 18.3 Å². The zero-order valence-electron chi connectivity index (χ0n) is 14.7. The lowest BCUT2D eigenvalue weighted by Gasteiger charge is -2.33. The summed E-state index contributed by atoms with van der Waals surface area (Å²) in [5.74, 6) is -0.0617. The molecule has 2 aliphatic heterocycles. The molecule has 0 aliphatic carbocycles. The summed E-state index contributed by atoms with van der Waals surface area (Å²) in [6.45, 7) is 1.26. The number of amides is 1. The molecule has 2 aliphatic rings. The zero-order valence-corrected chi connectivity index (χ0v) is 14.7. The number of hydrogen-bond donors (Lipinski definition) is 1. The number of nitrogens with zero attached hydrogens (tertiary/aromatic N) is 3. The summed E-state index contributed by atoms with van der Waals surface area (Å²) >= 11 is 0. The van der Waals surface area contributed by atoms with E-state index in [1.54, 1.807) is 29.2 Å². The van der Waals surface area contributed by atoms with Crippen LogP contribution in [0.2, 0.25) is 0 Å². The number of carbonyl (C=O) groups excluding carboxylic acids is 1. The Labute approximate surface area is 155 Å². The van der Waals surface area contributed by atoms with E-state index < -0.39 is 18.3 Å². The van der Waals surface area contributed by atoms with Crippen molar-refractivity contribution in [3.63, 3.8) is 0 Å². The van der Waals surface area contributed by atoms with Crippen LogP contribution in [0.25, 0.3) is 0 Å². The number of aromatic nitrogens is 2. The van der Waals surface area contributed by atoms with Gasteiger partial charge in [-0.3, -0.25) is 4.79 Å². The van der Waals surface area contributed by atoms with Gasteiger partial charge in [0.1, 0.15) is 5.82 Å². The molecule has 1 amide bonds. The second kappa shape index (κ2) is 6.90. The Kier molecular flexibility index (Phi) is 4.57. The van der Waals surface area contributed by atoms with E-state index in [1.165, 1.54) is 6.07 Å². The maximum Gasteiger partial charge on any atom is 0.410 e. The molecule has 5 nitrogen and oxygen atoms in total. The van der Waals surface area contributed by atoms with E-state index in [4.69, 9.17) is 0 Å². The normalized spacial score (nSPS) is 22.9. The number of likely N-dealkylation sites (tertiary alicyclic amines) is 1. The predicted octanol–water partition coefficient (Wildman–Crippen LogP) is 4.17. The molecule has 1 N–H and O–H groups in total. The first-order valence-corrected chi connectivity index (χ1v) is 9.20. The van der Waals surface area contributed by atoms with E-state index in [-0.39, 0.29) is 23.8 Å². The van der Waals surface area contributed by atoms with E-state index in [1.807, 2.05) is 6.07 Å². The Morgan fingerprint density at radius 2 is 1.81 bits per heavy atom. The molecule has 8 heteroatoms. The third-order valence-electron chi connectivity index (χ3n) is 5.25. The molecule has 0 radical (unpaired) electrons. The lowest BCUT2D eigenvalue weighted by molar-refractivity contribution is -0.173. The number of carbonyl (C=O) groups is 1. The number of piperidine rings is 1. The second-order valence-electron chi connectivity index (χ2n) is 7.11. The first kappa shape index (κ1) is 17.9. The largest absolute Gasteiger partial charge is 0.410 e. The molecule has 0 bridgehead atoms. The van der Waals surface area contributed by atoms with E-state index in [9.17, 15) is 18.0 Å². The van der Waals surface area contributed by atoms with Gasteiger partial charge in [-0.15, -0.1) is 0 Å². The second-order valence-corrected chi connectivity index (χ2v) is 7.11. The molecule has 1 aromatic carbocycles. The molecule has 144 valence electrons. The van der Waals surface area contributed by atoms with Crippen molar-refractivity contribution in [1.82, 2.24) is 14.7 Å². The number of anilines is 1. The number of fused-ring (bicyclic) bond motifs is 1. The molecule has 1 aromatic heterocycles. The fraction of sp³-hybridized carbons (Fsp3) is 0.474. The molecule has 1 fully saturated rings. The van der Waals surface area contributed by atoms with Crippen molar-refractivity contribution in [3.8, 4) is 0 Å². The topological polar surface area (TPSA) is 50.2 Å². The van der Waals surface area contributed by atoms with Crippen LogP contribution in [0, 0.1) is 0 Å². The Morgan fingerprint density at radius 1 is 1.11 bits per heavy atom. The Bertz CT molecular complexity index is 812. The SMILES string of the molecule is O=C(c1cc2n(n1)[C@@H](C(F)(F)F)C[C@H](c1ccccc1)N2)N1CCCCC1. The van der Waals surface area contributed by atoms with Crippen molar-refractivity contribution in [2.75, 3.05) is 18.4 Å². The molecule has 0 unspecified atom stereocenters. The number of nitrogens with one attached hydrogen (secondary N) is 1. The summed E-state index contributed by atoms with van der Waals surface area (Å²) in [7, 11) is 0. The molecule has 27 heavy (non-hydrogen) atoms. The molecule has 2 aromatic rings. The summed E-state index contributed by atoms with van der Waals surface area (Å²) in [4.78, 5) is 14.3. The number of benzene rings is 1. The van der Waals surface area contributed by atoms with Crippen molar-refractivity contribution < 1.29 is 18.0 Å². The lowest BCUT2D eigenvalue weighted by atomic mass is 9.97. The Balaban J connectivity index is 1.66. The van der Waals surface area contributed by atoms with Gasteiger partial charge in [0.25, 0.3) is 5.91 Å². The highest BCUT2D eigenvalue weighted by molar-refractivity contribution is 5.93. The van der Waals surface area contributed by atoms with Crippen molar-refractivity contribution in [2.24, 2.45) is 0 Å². The average Bonchev–Trinajstić information content (AvgIpc) is 3.11. The van der Waals surface area contributed by atoms with Gasteiger partial charge in [-0.25, -0.2) is 4.68 Å². The highest BCUT2D eigenvalue weighted by atomic mass is 19.4. The predicted molar refractivity (Wildman–Crippen MR) is 94.5 cm³/mol. The van der Waals surface area contributed by atoms with Crippen LogP contribution in [-0.2, 0) is 0 Å². The van der Waals surface area contributed by atoms with Gasteiger partial charge in [0, 0.05) is 25.6 Å². The first-order chi connectivity index (χ1) is 12.9. The number of rotatable bonds is 2. The van der Waals surface area contributed by atoms with Crippen LogP contribution in [0.5, 0.6) is 0 Å². The molecule has 0 saturated carbocycles. The smallest absolute Gasteiger partial charge is 0.363 e. The lowest BCUT2D eigenvalue weighted by Crippen LogP contribution is -2.37. The summed E-state index contributed by atoms with van der Waals surface area (Å²) in [5, 5.41) is 7.17. The number of alkyl halides is 3. The van der Waals surface area contributed by atoms with Gasteiger partial charge in [0.15, 0.2) is 11.7 Å². The molecule has 0 spiro atoms. The van der Waals surface area contributed by atoms with E-state index in [0.29, 0.717) is 13.1 Å². The average molecular weight is 378 g/mol.